The van der Waals surface area contributed by atoms with Crippen molar-refractivity contribution in [3.05, 3.63) is 94.4 Å². The fourth-order valence-corrected chi connectivity index (χ4v) is 4.71. The maximum Gasteiger partial charge on any atom is 0.132 e. The molecule has 0 heterocycles. The molecule has 0 saturated heterocycles. The molecule has 162 valence electrons. The van der Waals surface area contributed by atoms with Crippen molar-refractivity contribution in [2.24, 2.45) is 0 Å². The van der Waals surface area contributed by atoms with Gasteiger partial charge in [0.05, 0.1) is 0 Å². The Labute approximate surface area is 193 Å². The Hall–Kier alpha value is -4.04. The summed E-state index contributed by atoms with van der Waals surface area (Å²) < 4.78 is 0. The third-order valence-electron chi connectivity index (χ3n) is 6.57. The molecule has 0 saturated carbocycles. The molecule has 0 aliphatic carbocycles. The SMILES string of the molecule is C=c1ccc(=C)c2c(O)c3c(-c4ccc(CC)cc4)ccc(-c4ccc(C)cc4)c3c(O)c12. The van der Waals surface area contributed by atoms with E-state index < -0.39 is 0 Å². The summed E-state index contributed by atoms with van der Waals surface area (Å²) in [5.74, 6) is 0.243. The van der Waals surface area contributed by atoms with Gasteiger partial charge in [0, 0.05) is 21.5 Å². The number of benzene rings is 5. The Balaban J connectivity index is 1.99. The Morgan fingerprint density at radius 3 is 1.42 bits per heavy atom. The number of phenols is 2. The van der Waals surface area contributed by atoms with Gasteiger partial charge in [0.25, 0.3) is 0 Å². The summed E-state index contributed by atoms with van der Waals surface area (Å²) in [4.78, 5) is 0. The lowest BCUT2D eigenvalue weighted by Crippen LogP contribution is -2.09. The lowest BCUT2D eigenvalue weighted by atomic mass is 9.87. The van der Waals surface area contributed by atoms with Gasteiger partial charge in [0.15, 0.2) is 0 Å². The molecule has 0 aliphatic rings. The second kappa shape index (κ2) is 7.83. The fourth-order valence-electron chi connectivity index (χ4n) is 4.71. The summed E-state index contributed by atoms with van der Waals surface area (Å²) in [5.41, 5.74) is 6.10. The van der Waals surface area contributed by atoms with Gasteiger partial charge in [-0.2, -0.15) is 0 Å². The van der Waals surface area contributed by atoms with Crippen LogP contribution >= 0.6 is 0 Å². The summed E-state index contributed by atoms with van der Waals surface area (Å²) in [5, 5.41) is 26.9. The van der Waals surface area contributed by atoms with Crippen LogP contribution in [0.5, 0.6) is 11.5 Å². The van der Waals surface area contributed by atoms with Crippen LogP contribution in [0.25, 0.3) is 57.0 Å². The molecule has 0 fully saturated rings. The van der Waals surface area contributed by atoms with Crippen LogP contribution in [0, 0.1) is 6.92 Å². The third kappa shape index (κ3) is 3.27. The molecule has 0 radical (unpaired) electrons. The van der Waals surface area contributed by atoms with E-state index in [4.69, 9.17) is 0 Å². The summed E-state index contributed by atoms with van der Waals surface area (Å²) in [6.45, 7) is 12.4. The molecular weight excluding hydrogens is 404 g/mol. The Morgan fingerprint density at radius 1 is 0.576 bits per heavy atom. The average Bonchev–Trinajstić information content (AvgIpc) is 2.83. The number of aromatic hydroxyl groups is 2. The molecule has 5 aromatic rings. The Morgan fingerprint density at radius 2 is 1.00 bits per heavy atom. The van der Waals surface area contributed by atoms with Crippen molar-refractivity contribution < 1.29 is 10.2 Å². The zero-order valence-electron chi connectivity index (χ0n) is 18.9. The van der Waals surface area contributed by atoms with E-state index in [1.807, 2.05) is 43.3 Å². The number of phenolic OH excluding ortho intramolecular Hbond substituents is 2. The highest BCUT2D eigenvalue weighted by Gasteiger charge is 2.21. The van der Waals surface area contributed by atoms with Crippen LogP contribution in [0.1, 0.15) is 18.1 Å². The second-order valence-electron chi connectivity index (χ2n) is 8.66. The van der Waals surface area contributed by atoms with Crippen LogP contribution in [0.2, 0.25) is 0 Å². The van der Waals surface area contributed by atoms with Crippen LogP contribution in [-0.4, -0.2) is 10.2 Å². The van der Waals surface area contributed by atoms with Gasteiger partial charge in [-0.15, -0.1) is 0 Å². The number of fused-ring (bicyclic) bond motifs is 2. The van der Waals surface area contributed by atoms with Gasteiger partial charge in [0.2, 0.25) is 0 Å². The summed E-state index contributed by atoms with van der Waals surface area (Å²) in [7, 11) is 0. The maximum absolute atomic E-state index is 11.6. The predicted molar refractivity (Wildman–Crippen MR) is 140 cm³/mol. The van der Waals surface area contributed by atoms with Gasteiger partial charge in [-0.25, -0.2) is 0 Å². The number of hydrogen-bond donors (Lipinski definition) is 2. The van der Waals surface area contributed by atoms with Crippen LogP contribution in [-0.2, 0) is 6.42 Å². The first-order valence-corrected chi connectivity index (χ1v) is 11.2. The van der Waals surface area contributed by atoms with Crippen LogP contribution < -0.4 is 10.4 Å². The van der Waals surface area contributed by atoms with E-state index >= 15 is 0 Å². The highest BCUT2D eigenvalue weighted by atomic mass is 16.3. The molecule has 0 atom stereocenters. The van der Waals surface area contributed by atoms with Gasteiger partial charge < -0.3 is 10.2 Å². The zero-order chi connectivity index (χ0) is 23.3. The quantitative estimate of drug-likeness (QED) is 0.256. The molecule has 33 heavy (non-hydrogen) atoms. The molecule has 0 aliphatic heterocycles. The average molecular weight is 431 g/mol. The molecular formula is C31H26O2. The fraction of sp³-hybridized carbons (Fsp3) is 0.0968. The lowest BCUT2D eigenvalue weighted by Gasteiger charge is -2.18. The van der Waals surface area contributed by atoms with E-state index in [1.165, 1.54) is 5.56 Å². The highest BCUT2D eigenvalue weighted by Crippen LogP contribution is 2.47. The van der Waals surface area contributed by atoms with Crippen LogP contribution in [0.3, 0.4) is 0 Å². The molecule has 2 N–H and O–H groups in total. The molecule has 5 rings (SSSR count). The third-order valence-corrected chi connectivity index (χ3v) is 6.57. The monoisotopic (exact) mass is 430 g/mol. The normalized spacial score (nSPS) is 11.3. The van der Waals surface area contributed by atoms with E-state index in [1.54, 1.807) is 0 Å². The molecule has 0 aromatic heterocycles. The Bertz CT molecular complexity index is 1630. The molecule has 0 amide bonds. The number of hydrogen-bond acceptors (Lipinski definition) is 2. The first kappa shape index (κ1) is 20.8. The van der Waals surface area contributed by atoms with Gasteiger partial charge in [-0.05, 0) is 51.6 Å². The zero-order valence-corrected chi connectivity index (χ0v) is 18.9. The molecule has 0 bridgehead atoms. The van der Waals surface area contributed by atoms with Gasteiger partial charge in [0.1, 0.15) is 11.5 Å². The molecule has 2 heteroatoms. The molecule has 2 nitrogen and oxygen atoms in total. The highest BCUT2D eigenvalue weighted by molar-refractivity contribution is 6.19. The first-order chi connectivity index (χ1) is 15.9. The topological polar surface area (TPSA) is 40.5 Å². The summed E-state index contributed by atoms with van der Waals surface area (Å²) >= 11 is 0. The van der Waals surface area contributed by atoms with Crippen molar-refractivity contribution in [2.45, 2.75) is 20.3 Å². The molecule has 5 aromatic carbocycles. The summed E-state index contributed by atoms with van der Waals surface area (Å²) in [6.07, 6.45) is 0.960. The van der Waals surface area contributed by atoms with E-state index in [0.717, 1.165) is 34.2 Å². The van der Waals surface area contributed by atoms with Crippen molar-refractivity contribution in [3.8, 4) is 33.8 Å². The van der Waals surface area contributed by atoms with Crippen molar-refractivity contribution in [1.82, 2.24) is 0 Å². The summed E-state index contributed by atoms with van der Waals surface area (Å²) in [6, 6.07) is 24.3. The second-order valence-corrected chi connectivity index (χ2v) is 8.66. The van der Waals surface area contributed by atoms with Crippen molar-refractivity contribution in [3.63, 3.8) is 0 Å². The first-order valence-electron chi connectivity index (χ1n) is 11.2. The van der Waals surface area contributed by atoms with Gasteiger partial charge >= 0.3 is 0 Å². The number of aryl methyl sites for hydroxylation is 2. The Kier molecular flexibility index (Phi) is 4.94. The molecule has 0 unspecified atom stereocenters. The van der Waals surface area contributed by atoms with E-state index in [0.29, 0.717) is 32.0 Å². The minimum atomic E-state index is 0.121. The van der Waals surface area contributed by atoms with Crippen LogP contribution in [0.15, 0.2) is 72.8 Å². The molecule has 0 spiro atoms. The van der Waals surface area contributed by atoms with Gasteiger partial charge in [-0.3, -0.25) is 0 Å². The van der Waals surface area contributed by atoms with E-state index in [-0.39, 0.29) is 11.5 Å². The van der Waals surface area contributed by atoms with Gasteiger partial charge in [-0.1, -0.05) is 98.4 Å². The van der Waals surface area contributed by atoms with E-state index in [2.05, 4.69) is 56.5 Å². The standard InChI is InChI=1S/C31H26O2/c1-5-21-10-14-23(15-11-21)25-17-16-24(22-12-6-18(2)7-13-22)28-29(25)31(33)27-20(4)9-8-19(3)26(27)30(28)32/h6-17,32-33H,3-5H2,1-2H3. The minimum absolute atomic E-state index is 0.121. The van der Waals surface area contributed by atoms with E-state index in [9.17, 15) is 10.2 Å². The maximum atomic E-state index is 11.6. The number of rotatable bonds is 3. The largest absolute Gasteiger partial charge is 0.507 e. The van der Waals surface area contributed by atoms with Crippen molar-refractivity contribution in [1.29, 1.82) is 0 Å². The lowest BCUT2D eigenvalue weighted by molar-refractivity contribution is 0.478. The van der Waals surface area contributed by atoms with Crippen LogP contribution in [0.4, 0.5) is 0 Å². The predicted octanol–water partition coefficient (Wildman–Crippen LogP) is 6.43. The minimum Gasteiger partial charge on any atom is -0.507 e. The van der Waals surface area contributed by atoms with Crippen molar-refractivity contribution >= 4 is 34.7 Å². The van der Waals surface area contributed by atoms with Crippen molar-refractivity contribution in [2.75, 3.05) is 0 Å². The smallest absolute Gasteiger partial charge is 0.132 e.